The molecule has 0 N–H and O–H groups in total. The average Bonchev–Trinajstić information content (AvgIpc) is 2.80. The fourth-order valence-electron chi connectivity index (χ4n) is 3.13. The highest BCUT2D eigenvalue weighted by Crippen LogP contribution is 2.35. The van der Waals surface area contributed by atoms with Crippen LogP contribution in [-0.2, 0) is 9.53 Å². The predicted octanol–water partition coefficient (Wildman–Crippen LogP) is 2.91. The molecule has 25 heavy (non-hydrogen) atoms. The quantitative estimate of drug-likeness (QED) is 0.805. The second kappa shape index (κ2) is 7.38. The first-order chi connectivity index (χ1) is 12.2. The zero-order chi connectivity index (χ0) is 17.8. The van der Waals surface area contributed by atoms with Gasteiger partial charge in [0.2, 0.25) is 0 Å². The van der Waals surface area contributed by atoms with Gasteiger partial charge in [0.15, 0.2) is 0 Å². The Morgan fingerprint density at radius 3 is 2.60 bits per heavy atom. The average molecular weight is 338 g/mol. The van der Waals surface area contributed by atoms with Gasteiger partial charge in [-0.15, -0.1) is 0 Å². The smallest absolute Gasteiger partial charge is 0.307 e. The lowest BCUT2D eigenvalue weighted by atomic mass is 9.99. The van der Waals surface area contributed by atoms with Crippen molar-refractivity contribution in [2.75, 3.05) is 32.7 Å². The molecule has 5 nitrogen and oxygen atoms in total. The SMILES string of the molecule is COC(=O)CC1CN=C(c2ccccc2)c2c(OC)cccc2N1C. The molecule has 1 atom stereocenters. The fraction of sp³-hybridized carbons (Fsp3) is 0.300. The minimum atomic E-state index is -0.236. The van der Waals surface area contributed by atoms with Crippen LogP contribution >= 0.6 is 0 Å². The van der Waals surface area contributed by atoms with Crippen molar-refractivity contribution < 1.29 is 14.3 Å². The topological polar surface area (TPSA) is 51.1 Å². The number of ether oxygens (including phenoxy) is 2. The van der Waals surface area contributed by atoms with Crippen LogP contribution in [0.2, 0.25) is 0 Å². The first kappa shape index (κ1) is 17.0. The summed E-state index contributed by atoms with van der Waals surface area (Å²) in [6, 6.07) is 15.9. The van der Waals surface area contributed by atoms with E-state index in [0.717, 1.165) is 28.3 Å². The van der Waals surface area contributed by atoms with Crippen LogP contribution in [0, 0.1) is 0 Å². The van der Waals surface area contributed by atoms with E-state index in [1.807, 2.05) is 55.6 Å². The predicted molar refractivity (Wildman–Crippen MR) is 98.8 cm³/mol. The third kappa shape index (κ3) is 3.36. The molecule has 0 spiro atoms. The van der Waals surface area contributed by atoms with E-state index in [4.69, 9.17) is 14.5 Å². The third-order valence-corrected chi connectivity index (χ3v) is 4.53. The van der Waals surface area contributed by atoms with Crippen LogP contribution in [0.5, 0.6) is 5.75 Å². The molecule has 2 aromatic carbocycles. The number of benzene rings is 2. The molecule has 0 radical (unpaired) electrons. The number of hydrogen-bond donors (Lipinski definition) is 0. The van der Waals surface area contributed by atoms with E-state index in [-0.39, 0.29) is 18.4 Å². The molecule has 0 aromatic heterocycles. The molecule has 0 saturated carbocycles. The van der Waals surface area contributed by atoms with E-state index < -0.39 is 0 Å². The molecule has 0 aliphatic carbocycles. The van der Waals surface area contributed by atoms with Gasteiger partial charge in [0, 0.05) is 18.3 Å². The van der Waals surface area contributed by atoms with Gasteiger partial charge in [-0.1, -0.05) is 36.4 Å². The van der Waals surface area contributed by atoms with Gasteiger partial charge < -0.3 is 14.4 Å². The molecular weight excluding hydrogens is 316 g/mol. The molecule has 1 heterocycles. The third-order valence-electron chi connectivity index (χ3n) is 4.53. The highest BCUT2D eigenvalue weighted by Gasteiger charge is 2.28. The molecule has 2 aromatic rings. The minimum Gasteiger partial charge on any atom is -0.496 e. The molecule has 0 amide bonds. The van der Waals surface area contributed by atoms with Crippen molar-refractivity contribution in [3.05, 3.63) is 59.7 Å². The first-order valence-electron chi connectivity index (χ1n) is 8.22. The second-order valence-electron chi connectivity index (χ2n) is 5.95. The lowest BCUT2D eigenvalue weighted by Gasteiger charge is -2.28. The van der Waals surface area contributed by atoms with Crippen molar-refractivity contribution in [2.45, 2.75) is 12.5 Å². The highest BCUT2D eigenvalue weighted by molar-refractivity contribution is 6.18. The summed E-state index contributed by atoms with van der Waals surface area (Å²) in [6.45, 7) is 0.508. The number of rotatable bonds is 4. The van der Waals surface area contributed by atoms with Crippen molar-refractivity contribution in [1.82, 2.24) is 0 Å². The Kier molecular flexibility index (Phi) is 5.03. The van der Waals surface area contributed by atoms with Crippen LogP contribution in [0.4, 0.5) is 5.69 Å². The minimum absolute atomic E-state index is 0.0699. The van der Waals surface area contributed by atoms with E-state index in [0.29, 0.717) is 6.54 Å². The van der Waals surface area contributed by atoms with E-state index in [2.05, 4.69) is 4.90 Å². The Morgan fingerprint density at radius 1 is 1.16 bits per heavy atom. The number of aliphatic imine (C=N–C) groups is 1. The summed E-state index contributed by atoms with van der Waals surface area (Å²) in [5.41, 5.74) is 3.85. The molecule has 0 saturated heterocycles. The van der Waals surface area contributed by atoms with Crippen molar-refractivity contribution in [2.24, 2.45) is 4.99 Å². The number of fused-ring (bicyclic) bond motifs is 1. The molecule has 0 fully saturated rings. The van der Waals surface area contributed by atoms with Gasteiger partial charge in [0.25, 0.3) is 0 Å². The Bertz CT molecular complexity index is 787. The van der Waals surface area contributed by atoms with Crippen LogP contribution < -0.4 is 9.64 Å². The molecule has 3 rings (SSSR count). The number of hydrogen-bond acceptors (Lipinski definition) is 5. The van der Waals surface area contributed by atoms with Gasteiger partial charge in [-0.2, -0.15) is 0 Å². The molecular formula is C20H22N2O3. The van der Waals surface area contributed by atoms with Crippen LogP contribution in [0.25, 0.3) is 0 Å². The van der Waals surface area contributed by atoms with Gasteiger partial charge >= 0.3 is 5.97 Å². The summed E-state index contributed by atoms with van der Waals surface area (Å²) in [4.78, 5) is 18.7. The fourth-order valence-corrected chi connectivity index (χ4v) is 3.13. The van der Waals surface area contributed by atoms with Crippen LogP contribution in [0.3, 0.4) is 0 Å². The lowest BCUT2D eigenvalue weighted by molar-refractivity contribution is -0.140. The number of esters is 1. The maximum Gasteiger partial charge on any atom is 0.307 e. The summed E-state index contributed by atoms with van der Waals surface area (Å²) >= 11 is 0. The van der Waals surface area contributed by atoms with Crippen LogP contribution in [-0.4, -0.2) is 45.5 Å². The van der Waals surface area contributed by atoms with Crippen molar-refractivity contribution >= 4 is 17.4 Å². The second-order valence-corrected chi connectivity index (χ2v) is 5.95. The highest BCUT2D eigenvalue weighted by atomic mass is 16.5. The molecule has 0 bridgehead atoms. The Morgan fingerprint density at radius 2 is 1.92 bits per heavy atom. The summed E-state index contributed by atoms with van der Waals surface area (Å²) in [7, 11) is 5.05. The van der Waals surface area contributed by atoms with E-state index in [1.54, 1.807) is 7.11 Å². The molecule has 5 heteroatoms. The molecule has 1 unspecified atom stereocenters. The number of methoxy groups -OCH3 is 2. The van der Waals surface area contributed by atoms with Crippen molar-refractivity contribution in [1.29, 1.82) is 0 Å². The summed E-state index contributed by atoms with van der Waals surface area (Å²) < 4.78 is 10.5. The maximum absolute atomic E-state index is 11.8. The Hall–Kier alpha value is -2.82. The van der Waals surface area contributed by atoms with E-state index >= 15 is 0 Å². The summed E-state index contributed by atoms with van der Waals surface area (Å²) in [5.74, 6) is 0.533. The number of likely N-dealkylation sites (N-methyl/N-ethyl adjacent to an activating group) is 1. The first-order valence-corrected chi connectivity index (χ1v) is 8.22. The molecule has 130 valence electrons. The largest absolute Gasteiger partial charge is 0.496 e. The van der Waals surface area contributed by atoms with Gasteiger partial charge in [0.1, 0.15) is 5.75 Å². The van der Waals surface area contributed by atoms with Gasteiger partial charge in [-0.05, 0) is 12.1 Å². The van der Waals surface area contributed by atoms with Gasteiger partial charge in [-0.3, -0.25) is 9.79 Å². The summed E-state index contributed by atoms with van der Waals surface area (Å²) in [5, 5.41) is 0. The summed E-state index contributed by atoms with van der Waals surface area (Å²) in [6.07, 6.45) is 0.287. The number of carbonyl (C=O) groups is 1. The van der Waals surface area contributed by atoms with E-state index in [1.165, 1.54) is 7.11 Å². The maximum atomic E-state index is 11.8. The normalized spacial score (nSPS) is 16.5. The number of nitrogens with zero attached hydrogens (tertiary/aromatic N) is 2. The molecule has 1 aliphatic heterocycles. The monoisotopic (exact) mass is 338 g/mol. The Balaban J connectivity index is 2.13. The van der Waals surface area contributed by atoms with E-state index in [9.17, 15) is 4.79 Å². The van der Waals surface area contributed by atoms with Crippen molar-refractivity contribution in [3.8, 4) is 5.75 Å². The van der Waals surface area contributed by atoms with Crippen LogP contribution in [0.1, 0.15) is 17.5 Å². The van der Waals surface area contributed by atoms with Gasteiger partial charge in [0.05, 0.1) is 44.5 Å². The van der Waals surface area contributed by atoms with Gasteiger partial charge in [-0.25, -0.2) is 0 Å². The molecule has 1 aliphatic rings. The Labute approximate surface area is 147 Å². The standard InChI is InChI=1S/C20H22N2O3/c1-22-15(12-18(23)25-3)13-21-20(14-8-5-4-6-9-14)19-16(22)10-7-11-17(19)24-2/h4-11,15H,12-13H2,1-3H3. The number of anilines is 1. The lowest BCUT2D eigenvalue weighted by Crippen LogP contribution is -2.36. The zero-order valence-electron chi connectivity index (χ0n) is 14.7. The number of carbonyl (C=O) groups excluding carboxylic acids is 1. The zero-order valence-corrected chi connectivity index (χ0v) is 14.7. The van der Waals surface area contributed by atoms with Crippen molar-refractivity contribution in [3.63, 3.8) is 0 Å². The van der Waals surface area contributed by atoms with Crippen LogP contribution in [0.15, 0.2) is 53.5 Å². The number of benzodiazepines with no additional fused rings is 1.